The Labute approximate surface area is 164 Å². The molecule has 146 valence electrons. The molecule has 0 spiro atoms. The van der Waals surface area contributed by atoms with Gasteiger partial charge in [0, 0.05) is 29.4 Å². The molecule has 0 radical (unpaired) electrons. The van der Waals surface area contributed by atoms with Crippen molar-refractivity contribution < 1.29 is 14.3 Å². The summed E-state index contributed by atoms with van der Waals surface area (Å²) in [6.45, 7) is 0. The highest BCUT2D eigenvalue weighted by molar-refractivity contribution is 6.31. The number of anilines is 1. The minimum absolute atomic E-state index is 0.0402. The molecule has 1 amide bonds. The third-order valence-corrected chi connectivity index (χ3v) is 5.09. The number of hydrogen-bond donors (Lipinski definition) is 4. The number of rotatable bonds is 4. The third-order valence-electron chi connectivity index (χ3n) is 4.88. The highest BCUT2D eigenvalue weighted by atomic mass is 35.5. The number of amides is 1. The Morgan fingerprint density at radius 2 is 2.04 bits per heavy atom. The zero-order valence-corrected chi connectivity index (χ0v) is 15.5. The van der Waals surface area contributed by atoms with Gasteiger partial charge >= 0.3 is 6.09 Å². The van der Waals surface area contributed by atoms with Gasteiger partial charge in [-0.3, -0.25) is 0 Å². The Kier molecular flexibility index (Phi) is 4.99. The van der Waals surface area contributed by atoms with Crippen LogP contribution in [0.3, 0.4) is 0 Å². The van der Waals surface area contributed by atoms with Crippen LogP contribution in [-0.2, 0) is 0 Å². The van der Waals surface area contributed by atoms with Crippen molar-refractivity contribution in [2.75, 3.05) is 5.32 Å². The molecule has 10 heteroatoms. The zero-order chi connectivity index (χ0) is 19.7. The quantitative estimate of drug-likeness (QED) is 0.525. The number of nitrogens with one attached hydrogen (secondary N) is 3. The summed E-state index contributed by atoms with van der Waals surface area (Å²) < 4.78 is 14.4. The van der Waals surface area contributed by atoms with E-state index in [1.807, 2.05) is 0 Å². The first-order valence-electron chi connectivity index (χ1n) is 8.93. The molecule has 4 rings (SSSR count). The van der Waals surface area contributed by atoms with E-state index in [2.05, 4.69) is 30.6 Å². The Morgan fingerprint density at radius 1 is 1.25 bits per heavy atom. The summed E-state index contributed by atoms with van der Waals surface area (Å²) >= 11 is 6.03. The lowest BCUT2D eigenvalue weighted by Gasteiger charge is -2.32. The fraction of sp³-hybridized carbons (Fsp3) is 0.333. The van der Waals surface area contributed by atoms with Gasteiger partial charge in [-0.15, -0.1) is 0 Å². The van der Waals surface area contributed by atoms with Crippen LogP contribution < -0.4 is 10.6 Å². The lowest BCUT2D eigenvalue weighted by molar-refractivity contribution is 0.184. The topological polar surface area (TPSA) is 116 Å². The monoisotopic (exact) mass is 404 g/mol. The Morgan fingerprint density at radius 3 is 2.82 bits per heavy atom. The number of hydrogen-bond acceptors (Lipinski definition) is 5. The minimum atomic E-state index is -1.09. The van der Waals surface area contributed by atoms with Gasteiger partial charge in [-0.1, -0.05) is 24.4 Å². The number of fused-ring (bicyclic) bond motifs is 1. The van der Waals surface area contributed by atoms with Crippen LogP contribution in [0.4, 0.5) is 15.0 Å². The van der Waals surface area contributed by atoms with Crippen molar-refractivity contribution in [3.05, 3.63) is 35.5 Å². The molecule has 0 saturated heterocycles. The number of H-pyrrole nitrogens is 1. The van der Waals surface area contributed by atoms with Gasteiger partial charge < -0.3 is 20.7 Å². The average molecular weight is 405 g/mol. The number of halogens is 2. The molecule has 3 heterocycles. The zero-order valence-electron chi connectivity index (χ0n) is 14.7. The first kappa shape index (κ1) is 18.4. The maximum Gasteiger partial charge on any atom is 0.404 e. The molecule has 3 aromatic rings. The van der Waals surface area contributed by atoms with Crippen LogP contribution in [0.5, 0.6) is 0 Å². The van der Waals surface area contributed by atoms with E-state index in [1.54, 1.807) is 12.3 Å². The van der Waals surface area contributed by atoms with Gasteiger partial charge in [-0.05, 0) is 18.9 Å². The molecule has 4 N–H and O–H groups in total. The van der Waals surface area contributed by atoms with Crippen LogP contribution in [-0.4, -0.2) is 43.2 Å². The van der Waals surface area contributed by atoms with Gasteiger partial charge in [0.2, 0.25) is 0 Å². The Hall–Kier alpha value is -2.94. The Bertz CT molecular complexity index is 1030. The van der Waals surface area contributed by atoms with Crippen LogP contribution in [0.1, 0.15) is 25.7 Å². The standard InChI is InChI=1S/C18H18ClFN6O2/c19-9-5-10-11(7-22-15(10)21-6-9)16-23-8-12(20)17(26-16)24-13-3-1-2-4-14(13)25-18(27)28/h5-8,13-14,25H,1-4H2,(H,21,22)(H,27,28)(H,23,24,26)/t13-,14-/m0/s1. The smallest absolute Gasteiger partial charge is 0.404 e. The first-order valence-corrected chi connectivity index (χ1v) is 9.30. The molecular formula is C18H18ClFN6O2. The van der Waals surface area contributed by atoms with Gasteiger partial charge in [0.1, 0.15) is 5.65 Å². The van der Waals surface area contributed by atoms with Crippen molar-refractivity contribution in [2.45, 2.75) is 37.8 Å². The summed E-state index contributed by atoms with van der Waals surface area (Å²) in [7, 11) is 0. The molecular weight excluding hydrogens is 387 g/mol. The summed E-state index contributed by atoms with van der Waals surface area (Å²) in [5.41, 5.74) is 1.27. The van der Waals surface area contributed by atoms with Gasteiger partial charge in [0.15, 0.2) is 17.5 Å². The lowest BCUT2D eigenvalue weighted by Crippen LogP contribution is -2.48. The summed E-state index contributed by atoms with van der Waals surface area (Å²) in [4.78, 5) is 26.7. The molecule has 1 fully saturated rings. The predicted molar refractivity (Wildman–Crippen MR) is 103 cm³/mol. The van der Waals surface area contributed by atoms with Crippen LogP contribution in [0, 0.1) is 5.82 Å². The SMILES string of the molecule is O=C(O)N[C@H]1CCCC[C@@H]1Nc1nc(-c2c[nH]c3ncc(Cl)cc23)ncc1F. The Balaban J connectivity index is 1.65. The van der Waals surface area contributed by atoms with E-state index in [-0.39, 0.29) is 17.9 Å². The molecule has 0 aliphatic heterocycles. The van der Waals surface area contributed by atoms with Gasteiger partial charge in [-0.25, -0.2) is 24.1 Å². The summed E-state index contributed by atoms with van der Waals surface area (Å²) in [6.07, 6.45) is 6.49. The number of carbonyl (C=O) groups is 1. The van der Waals surface area contributed by atoms with Crippen molar-refractivity contribution in [2.24, 2.45) is 0 Å². The van der Waals surface area contributed by atoms with E-state index < -0.39 is 11.9 Å². The first-order chi connectivity index (χ1) is 13.5. The number of nitrogens with zero attached hydrogens (tertiary/aromatic N) is 3. The van der Waals surface area contributed by atoms with E-state index in [1.165, 1.54) is 6.20 Å². The van der Waals surface area contributed by atoms with E-state index in [0.29, 0.717) is 28.5 Å². The minimum Gasteiger partial charge on any atom is -0.465 e. The van der Waals surface area contributed by atoms with E-state index in [0.717, 1.165) is 30.8 Å². The van der Waals surface area contributed by atoms with Gasteiger partial charge in [0.25, 0.3) is 0 Å². The maximum atomic E-state index is 14.4. The molecule has 28 heavy (non-hydrogen) atoms. The lowest BCUT2D eigenvalue weighted by atomic mass is 9.90. The van der Waals surface area contributed by atoms with E-state index in [9.17, 15) is 9.18 Å². The number of carboxylic acid groups (broad SMARTS) is 1. The molecule has 0 aromatic carbocycles. The second-order valence-corrected chi connectivity index (χ2v) is 7.17. The fourth-order valence-corrected chi connectivity index (χ4v) is 3.73. The van der Waals surface area contributed by atoms with Crippen molar-refractivity contribution >= 4 is 34.5 Å². The number of aromatic amines is 1. The van der Waals surface area contributed by atoms with Crippen molar-refractivity contribution in [3.8, 4) is 11.4 Å². The molecule has 2 atom stereocenters. The molecule has 1 aliphatic rings. The number of pyridine rings is 1. The summed E-state index contributed by atoms with van der Waals surface area (Å²) in [5, 5.41) is 15.8. The van der Waals surface area contributed by atoms with E-state index >= 15 is 0 Å². The highest BCUT2D eigenvalue weighted by Gasteiger charge is 2.27. The van der Waals surface area contributed by atoms with Crippen molar-refractivity contribution in [1.29, 1.82) is 0 Å². The van der Waals surface area contributed by atoms with E-state index in [4.69, 9.17) is 16.7 Å². The maximum absolute atomic E-state index is 14.4. The second-order valence-electron chi connectivity index (χ2n) is 6.73. The second kappa shape index (κ2) is 7.59. The molecule has 0 unspecified atom stereocenters. The normalized spacial score (nSPS) is 19.5. The number of aromatic nitrogens is 4. The average Bonchev–Trinajstić information content (AvgIpc) is 3.07. The summed E-state index contributed by atoms with van der Waals surface area (Å²) in [6, 6.07) is 1.19. The van der Waals surface area contributed by atoms with Crippen LogP contribution in [0.25, 0.3) is 22.4 Å². The summed E-state index contributed by atoms with van der Waals surface area (Å²) in [5.74, 6) is -0.240. The van der Waals surface area contributed by atoms with Crippen LogP contribution in [0.2, 0.25) is 5.02 Å². The van der Waals surface area contributed by atoms with Crippen LogP contribution in [0.15, 0.2) is 24.7 Å². The molecule has 8 nitrogen and oxygen atoms in total. The van der Waals surface area contributed by atoms with Crippen molar-refractivity contribution in [3.63, 3.8) is 0 Å². The van der Waals surface area contributed by atoms with Crippen LogP contribution >= 0.6 is 11.6 Å². The fourth-order valence-electron chi connectivity index (χ4n) is 3.57. The molecule has 3 aromatic heterocycles. The largest absolute Gasteiger partial charge is 0.465 e. The third kappa shape index (κ3) is 3.70. The molecule has 1 saturated carbocycles. The van der Waals surface area contributed by atoms with Crippen molar-refractivity contribution in [1.82, 2.24) is 25.3 Å². The highest BCUT2D eigenvalue weighted by Crippen LogP contribution is 2.29. The molecule has 0 bridgehead atoms. The van der Waals surface area contributed by atoms with Gasteiger partial charge in [-0.2, -0.15) is 0 Å². The van der Waals surface area contributed by atoms with Gasteiger partial charge in [0.05, 0.1) is 17.3 Å². The predicted octanol–water partition coefficient (Wildman–Crippen LogP) is 3.80. The molecule has 1 aliphatic carbocycles.